The number of fused-ring (bicyclic) bond motifs is 2. The van der Waals surface area contributed by atoms with Gasteiger partial charge < -0.3 is 0 Å². The second-order valence-electron chi connectivity index (χ2n) is 8.46. The molecule has 144 valence electrons. The van der Waals surface area contributed by atoms with Gasteiger partial charge in [0.2, 0.25) is 0 Å². The van der Waals surface area contributed by atoms with E-state index in [1.165, 1.54) is 22.3 Å². The van der Waals surface area contributed by atoms with Crippen LogP contribution in [0.3, 0.4) is 0 Å². The summed E-state index contributed by atoms with van der Waals surface area (Å²) in [6, 6.07) is 16.5. The Balaban J connectivity index is 1.48. The van der Waals surface area contributed by atoms with E-state index in [-0.39, 0.29) is 12.2 Å². The van der Waals surface area contributed by atoms with Crippen molar-refractivity contribution in [2.24, 2.45) is 0 Å². The second-order valence-corrected chi connectivity index (χ2v) is 9.96. The van der Waals surface area contributed by atoms with Crippen LogP contribution in [0.15, 0.2) is 48.5 Å². The highest BCUT2D eigenvalue weighted by Gasteiger charge is 2.40. The molecule has 27 heavy (non-hydrogen) atoms. The fourth-order valence-corrected chi connectivity index (χ4v) is 5.79. The molecule has 4 nitrogen and oxygen atoms in total. The molecule has 4 rings (SSSR count). The van der Waals surface area contributed by atoms with Gasteiger partial charge in [0.05, 0.1) is 17.8 Å². The largest absolute Gasteiger partial charge is 0.475 e. The summed E-state index contributed by atoms with van der Waals surface area (Å²) >= 11 is 0. The van der Waals surface area contributed by atoms with Crippen LogP contribution in [0.4, 0.5) is 0 Å². The fraction of sp³-hybridized carbons (Fsp3) is 0.455. The second kappa shape index (κ2) is 7.18. The first-order valence-electron chi connectivity index (χ1n) is 9.61. The number of phosphoric acid groups is 1. The van der Waals surface area contributed by atoms with Gasteiger partial charge in [-0.3, -0.25) is 13.6 Å². The Kier molecular flexibility index (Phi) is 5.02. The van der Waals surface area contributed by atoms with Crippen LogP contribution in [0.25, 0.3) is 0 Å². The van der Waals surface area contributed by atoms with Gasteiger partial charge in [-0.2, -0.15) is 0 Å². The highest BCUT2D eigenvalue weighted by molar-refractivity contribution is 7.48. The lowest BCUT2D eigenvalue weighted by molar-refractivity contribution is 0.0113. The van der Waals surface area contributed by atoms with Crippen molar-refractivity contribution in [1.29, 1.82) is 0 Å². The summed E-state index contributed by atoms with van der Waals surface area (Å²) in [6.07, 6.45) is 2.59. The van der Waals surface area contributed by atoms with Crippen LogP contribution in [-0.2, 0) is 43.8 Å². The predicted octanol–water partition coefficient (Wildman–Crippen LogP) is 5.28. The molecule has 0 amide bonds. The van der Waals surface area contributed by atoms with Crippen LogP contribution in [0.5, 0.6) is 0 Å². The molecule has 5 heteroatoms. The molecule has 0 saturated carbocycles. The lowest BCUT2D eigenvalue weighted by Gasteiger charge is -2.29. The Morgan fingerprint density at radius 1 is 0.741 bits per heavy atom. The third-order valence-electron chi connectivity index (χ3n) is 4.97. The van der Waals surface area contributed by atoms with E-state index in [0.29, 0.717) is 0 Å². The Morgan fingerprint density at radius 2 is 1.07 bits per heavy atom. The van der Waals surface area contributed by atoms with Crippen LogP contribution in [0.2, 0.25) is 0 Å². The summed E-state index contributed by atoms with van der Waals surface area (Å²) in [5, 5.41) is 0. The Labute approximate surface area is 161 Å². The van der Waals surface area contributed by atoms with Gasteiger partial charge in [-0.05, 0) is 68.7 Å². The molecule has 0 aromatic heterocycles. The van der Waals surface area contributed by atoms with E-state index >= 15 is 0 Å². The topological polar surface area (TPSA) is 44.8 Å². The lowest BCUT2D eigenvalue weighted by atomic mass is 10.1. The molecule has 0 heterocycles. The number of rotatable bonds is 5. The average Bonchev–Trinajstić information content (AvgIpc) is 3.14. The van der Waals surface area contributed by atoms with E-state index in [9.17, 15) is 4.57 Å². The van der Waals surface area contributed by atoms with Crippen molar-refractivity contribution in [3.05, 3.63) is 70.8 Å². The zero-order chi connectivity index (χ0) is 19.1. The van der Waals surface area contributed by atoms with Gasteiger partial charge in [-0.1, -0.05) is 48.5 Å². The van der Waals surface area contributed by atoms with E-state index in [0.717, 1.165) is 25.7 Å². The van der Waals surface area contributed by atoms with Gasteiger partial charge in [-0.15, -0.1) is 0 Å². The third-order valence-corrected chi connectivity index (χ3v) is 6.85. The fourth-order valence-electron chi connectivity index (χ4n) is 3.95. The predicted molar refractivity (Wildman–Crippen MR) is 106 cm³/mol. The zero-order valence-electron chi connectivity index (χ0n) is 16.2. The van der Waals surface area contributed by atoms with Gasteiger partial charge in [0.25, 0.3) is 0 Å². The Bertz CT molecular complexity index is 759. The van der Waals surface area contributed by atoms with Crippen LogP contribution in [0, 0.1) is 0 Å². The molecule has 2 aromatic rings. The van der Waals surface area contributed by atoms with Crippen molar-refractivity contribution in [2.45, 2.75) is 64.3 Å². The van der Waals surface area contributed by atoms with Crippen molar-refractivity contribution >= 4 is 7.82 Å². The third kappa shape index (κ3) is 4.52. The Hall–Kier alpha value is -1.45. The van der Waals surface area contributed by atoms with Gasteiger partial charge in [0.1, 0.15) is 0 Å². The molecule has 0 aliphatic heterocycles. The molecular weight excluding hydrogens is 359 g/mol. The summed E-state index contributed by atoms with van der Waals surface area (Å²) in [4.78, 5) is 0. The molecule has 0 saturated heterocycles. The normalized spacial score (nSPS) is 17.9. The molecule has 2 aromatic carbocycles. The minimum absolute atomic E-state index is 0.181. The number of hydrogen-bond donors (Lipinski definition) is 0. The summed E-state index contributed by atoms with van der Waals surface area (Å²) in [5.41, 5.74) is 4.37. The molecule has 0 N–H and O–H groups in total. The minimum atomic E-state index is -3.70. The summed E-state index contributed by atoms with van der Waals surface area (Å²) < 4.78 is 31.5. The van der Waals surface area contributed by atoms with E-state index in [1.807, 2.05) is 45.0 Å². The van der Waals surface area contributed by atoms with Crippen molar-refractivity contribution in [3.8, 4) is 0 Å². The number of hydrogen-bond acceptors (Lipinski definition) is 4. The first-order chi connectivity index (χ1) is 12.8. The maximum absolute atomic E-state index is 13.6. The van der Waals surface area contributed by atoms with Gasteiger partial charge in [-0.25, -0.2) is 4.57 Å². The van der Waals surface area contributed by atoms with Crippen molar-refractivity contribution in [2.75, 3.05) is 0 Å². The van der Waals surface area contributed by atoms with Crippen molar-refractivity contribution in [1.82, 2.24) is 0 Å². The van der Waals surface area contributed by atoms with Crippen molar-refractivity contribution < 1.29 is 18.1 Å². The standard InChI is InChI=1S/C22H27O4P/c1-22(2,3)26-27(23,24-20-12-16-8-4-5-9-17(16)13-20)25-21-14-18-10-6-7-11-19(18)15-21/h4-11,20-21H,12-15H2,1-3H3. The molecule has 0 fully saturated rings. The average molecular weight is 386 g/mol. The minimum Gasteiger partial charge on any atom is -0.283 e. The van der Waals surface area contributed by atoms with Crippen LogP contribution in [0.1, 0.15) is 43.0 Å². The maximum atomic E-state index is 13.6. The summed E-state index contributed by atoms with van der Waals surface area (Å²) in [7, 11) is -3.70. The molecule has 0 atom stereocenters. The van der Waals surface area contributed by atoms with Gasteiger partial charge in [0.15, 0.2) is 0 Å². The maximum Gasteiger partial charge on any atom is 0.475 e. The quantitative estimate of drug-likeness (QED) is 0.656. The molecule has 0 unspecified atom stereocenters. The van der Waals surface area contributed by atoms with E-state index in [1.54, 1.807) is 0 Å². The first-order valence-corrected chi connectivity index (χ1v) is 11.1. The SMILES string of the molecule is CC(C)(C)OP(=O)(OC1Cc2ccccc2C1)OC1Cc2ccccc2C1. The molecule has 0 bridgehead atoms. The Morgan fingerprint density at radius 3 is 1.37 bits per heavy atom. The van der Waals surface area contributed by atoms with E-state index < -0.39 is 13.4 Å². The van der Waals surface area contributed by atoms with E-state index in [2.05, 4.69) is 24.3 Å². The molecule has 0 radical (unpaired) electrons. The van der Waals surface area contributed by atoms with Crippen LogP contribution >= 0.6 is 7.82 Å². The van der Waals surface area contributed by atoms with Crippen LogP contribution in [-0.4, -0.2) is 17.8 Å². The van der Waals surface area contributed by atoms with Crippen LogP contribution < -0.4 is 0 Å². The highest BCUT2D eigenvalue weighted by atomic mass is 31.2. The monoisotopic (exact) mass is 386 g/mol. The lowest BCUT2D eigenvalue weighted by Crippen LogP contribution is -2.24. The summed E-state index contributed by atoms with van der Waals surface area (Å²) in [5.74, 6) is 0. The molecule has 0 spiro atoms. The van der Waals surface area contributed by atoms with Gasteiger partial charge in [0, 0.05) is 0 Å². The molecule has 2 aliphatic rings. The smallest absolute Gasteiger partial charge is 0.283 e. The van der Waals surface area contributed by atoms with Crippen molar-refractivity contribution in [3.63, 3.8) is 0 Å². The first kappa shape index (κ1) is 18.9. The highest BCUT2D eigenvalue weighted by Crippen LogP contribution is 2.56. The number of phosphoric ester groups is 1. The van der Waals surface area contributed by atoms with Gasteiger partial charge >= 0.3 is 7.82 Å². The molecular formula is C22H27O4P. The summed E-state index contributed by atoms with van der Waals surface area (Å²) in [6.45, 7) is 5.62. The zero-order valence-corrected chi connectivity index (χ0v) is 17.1. The van der Waals surface area contributed by atoms with E-state index in [4.69, 9.17) is 13.6 Å². The number of benzene rings is 2. The molecule has 2 aliphatic carbocycles.